The summed E-state index contributed by atoms with van der Waals surface area (Å²) in [5.41, 5.74) is 2.70. The number of aryl methyl sites for hydroxylation is 1. The Bertz CT molecular complexity index is 255. The van der Waals surface area contributed by atoms with Crippen LogP contribution in [0.1, 0.15) is 18.1 Å². The fourth-order valence-corrected chi connectivity index (χ4v) is 2.18. The van der Waals surface area contributed by atoms with Gasteiger partial charge in [0.25, 0.3) is 0 Å². The standard InChI is InChI=1S/C9H10.ClH.Ru/c1-3-9-7-5-4-6-8(9)2;;/h2,4-7H,3H2,1H3;1H;/q;;+1/p-1. The van der Waals surface area contributed by atoms with Gasteiger partial charge in [-0.15, -0.1) is 0 Å². The first-order valence-electron chi connectivity index (χ1n) is 3.51. The molecule has 0 radical (unpaired) electrons. The van der Waals surface area contributed by atoms with Gasteiger partial charge in [0.15, 0.2) is 0 Å². The van der Waals surface area contributed by atoms with Crippen LogP contribution in [0.5, 0.6) is 0 Å². The van der Waals surface area contributed by atoms with E-state index in [1.807, 2.05) is 0 Å². The first kappa shape index (κ1) is 9.09. The molecule has 0 unspecified atom stereocenters. The van der Waals surface area contributed by atoms with Gasteiger partial charge in [0.2, 0.25) is 0 Å². The Morgan fingerprint density at radius 2 is 2.18 bits per heavy atom. The van der Waals surface area contributed by atoms with Crippen LogP contribution in [0.25, 0.3) is 0 Å². The van der Waals surface area contributed by atoms with E-state index in [9.17, 15) is 0 Å². The third-order valence-electron chi connectivity index (χ3n) is 1.58. The molecule has 1 rings (SSSR count). The number of rotatable bonds is 2. The van der Waals surface area contributed by atoms with E-state index < -0.39 is 0 Å². The van der Waals surface area contributed by atoms with Crippen LogP contribution in [-0.2, 0) is 22.1 Å². The first-order valence-corrected chi connectivity index (χ1v) is 6.76. The molecular formula is C9H10ClRu. The second-order valence-corrected chi connectivity index (χ2v) is 4.03. The fourth-order valence-electron chi connectivity index (χ4n) is 0.997. The van der Waals surface area contributed by atoms with Gasteiger partial charge in [-0.2, -0.15) is 0 Å². The van der Waals surface area contributed by atoms with Crippen molar-refractivity contribution in [2.75, 3.05) is 0 Å². The van der Waals surface area contributed by atoms with Gasteiger partial charge in [-0.05, 0) is 0 Å². The van der Waals surface area contributed by atoms with Crippen molar-refractivity contribution >= 4 is 14.3 Å². The van der Waals surface area contributed by atoms with Crippen molar-refractivity contribution in [3.63, 3.8) is 0 Å². The Labute approximate surface area is 78.7 Å². The van der Waals surface area contributed by atoms with Crippen molar-refractivity contribution in [1.29, 1.82) is 0 Å². The molecule has 0 atom stereocenters. The molecule has 11 heavy (non-hydrogen) atoms. The SMILES string of the molecule is CCc1ccccc1[CH]=[Ru][Cl]. The van der Waals surface area contributed by atoms with E-state index in [0.717, 1.165) is 6.42 Å². The molecule has 0 fully saturated rings. The summed E-state index contributed by atoms with van der Waals surface area (Å²) in [5, 5.41) is 0. The molecule has 0 bridgehead atoms. The summed E-state index contributed by atoms with van der Waals surface area (Å²) in [6, 6.07) is 8.40. The molecular weight excluding hydrogens is 245 g/mol. The quantitative estimate of drug-likeness (QED) is 0.712. The number of hydrogen-bond donors (Lipinski definition) is 0. The number of halogens is 1. The fraction of sp³-hybridized carbons (Fsp3) is 0.222. The van der Waals surface area contributed by atoms with E-state index >= 15 is 0 Å². The average molecular weight is 255 g/mol. The predicted octanol–water partition coefficient (Wildman–Crippen LogP) is 2.64. The Balaban J connectivity index is 3.02. The second kappa shape index (κ2) is 4.80. The molecule has 0 aromatic heterocycles. The zero-order valence-corrected chi connectivity index (χ0v) is 8.82. The molecule has 1 aromatic carbocycles. The van der Waals surface area contributed by atoms with Gasteiger partial charge >= 0.3 is 78.7 Å². The normalized spacial score (nSPS) is 11.5. The van der Waals surface area contributed by atoms with Gasteiger partial charge in [-0.1, -0.05) is 0 Å². The average Bonchev–Trinajstić information content (AvgIpc) is 2.06. The minimum absolute atomic E-state index is 0.0939. The topological polar surface area (TPSA) is 0 Å². The van der Waals surface area contributed by atoms with Crippen molar-refractivity contribution in [2.45, 2.75) is 13.3 Å². The molecule has 0 aliphatic carbocycles. The molecule has 0 aliphatic rings. The Hall–Kier alpha value is 0.00338. The first-order chi connectivity index (χ1) is 5.38. The third kappa shape index (κ3) is 2.50. The molecule has 0 spiro atoms. The molecule has 2 heteroatoms. The third-order valence-corrected chi connectivity index (χ3v) is 2.77. The number of hydrogen-bond acceptors (Lipinski definition) is 0. The molecule has 0 saturated heterocycles. The predicted molar refractivity (Wildman–Crippen MR) is 46.8 cm³/mol. The van der Waals surface area contributed by atoms with Gasteiger partial charge in [-0.3, -0.25) is 0 Å². The van der Waals surface area contributed by atoms with Crippen molar-refractivity contribution in [3.8, 4) is 0 Å². The Morgan fingerprint density at radius 1 is 1.45 bits per heavy atom. The number of benzene rings is 1. The molecule has 1 aromatic rings. The van der Waals surface area contributed by atoms with E-state index in [0.29, 0.717) is 0 Å². The summed E-state index contributed by atoms with van der Waals surface area (Å²) >= 11 is -0.0939. The van der Waals surface area contributed by atoms with Crippen LogP contribution in [0.2, 0.25) is 0 Å². The zero-order valence-electron chi connectivity index (χ0n) is 6.33. The molecule has 0 nitrogen and oxygen atoms in total. The van der Waals surface area contributed by atoms with Gasteiger partial charge in [-0.25, -0.2) is 0 Å². The van der Waals surface area contributed by atoms with Crippen molar-refractivity contribution < 1.29 is 15.7 Å². The Morgan fingerprint density at radius 3 is 2.82 bits per heavy atom. The molecule has 0 N–H and O–H groups in total. The van der Waals surface area contributed by atoms with Crippen molar-refractivity contribution in [3.05, 3.63) is 35.4 Å². The summed E-state index contributed by atoms with van der Waals surface area (Å²) in [7, 11) is 5.70. The van der Waals surface area contributed by atoms with Crippen LogP contribution in [-0.4, -0.2) is 4.61 Å². The van der Waals surface area contributed by atoms with E-state index in [1.54, 1.807) is 0 Å². The van der Waals surface area contributed by atoms with E-state index in [2.05, 4.69) is 35.8 Å². The van der Waals surface area contributed by atoms with Gasteiger partial charge in [0.05, 0.1) is 0 Å². The summed E-state index contributed by atoms with van der Waals surface area (Å²) < 4.78 is 2.13. The van der Waals surface area contributed by atoms with Crippen LogP contribution in [0.4, 0.5) is 0 Å². The maximum atomic E-state index is 5.70. The second-order valence-electron chi connectivity index (χ2n) is 2.23. The van der Waals surface area contributed by atoms with Gasteiger partial charge in [0.1, 0.15) is 0 Å². The maximum absolute atomic E-state index is 5.70. The molecule has 0 saturated carbocycles. The van der Waals surface area contributed by atoms with E-state index in [4.69, 9.17) is 9.69 Å². The van der Waals surface area contributed by atoms with Crippen molar-refractivity contribution in [1.82, 2.24) is 0 Å². The Kier molecular flexibility index (Phi) is 3.96. The van der Waals surface area contributed by atoms with Crippen LogP contribution in [0.3, 0.4) is 0 Å². The summed E-state index contributed by atoms with van der Waals surface area (Å²) in [4.78, 5) is 0. The van der Waals surface area contributed by atoms with E-state index in [-0.39, 0.29) is 15.7 Å². The van der Waals surface area contributed by atoms with Crippen molar-refractivity contribution in [2.24, 2.45) is 0 Å². The van der Waals surface area contributed by atoms with Gasteiger partial charge < -0.3 is 0 Å². The summed E-state index contributed by atoms with van der Waals surface area (Å²) in [6.07, 6.45) is 1.09. The summed E-state index contributed by atoms with van der Waals surface area (Å²) in [5.74, 6) is 0. The van der Waals surface area contributed by atoms with Crippen LogP contribution < -0.4 is 0 Å². The minimum atomic E-state index is -0.0939. The molecule has 0 aliphatic heterocycles. The zero-order chi connectivity index (χ0) is 8.10. The molecule has 0 heterocycles. The van der Waals surface area contributed by atoms with Crippen LogP contribution in [0.15, 0.2) is 24.3 Å². The van der Waals surface area contributed by atoms with Crippen LogP contribution >= 0.6 is 9.69 Å². The summed E-state index contributed by atoms with van der Waals surface area (Å²) in [6.45, 7) is 2.16. The van der Waals surface area contributed by atoms with Gasteiger partial charge in [0, 0.05) is 0 Å². The van der Waals surface area contributed by atoms with E-state index in [1.165, 1.54) is 11.1 Å². The monoisotopic (exact) mass is 255 g/mol. The molecule has 0 amide bonds. The molecule has 61 valence electrons. The van der Waals surface area contributed by atoms with Crippen LogP contribution in [0, 0.1) is 0 Å².